The Morgan fingerprint density at radius 2 is 1.35 bits per heavy atom. The molecule has 0 aromatic heterocycles. The molecule has 2 aliphatic rings. The fourth-order valence-corrected chi connectivity index (χ4v) is 3.78. The second kappa shape index (κ2) is 8.23. The summed E-state index contributed by atoms with van der Waals surface area (Å²) in [5.41, 5.74) is 1.92. The van der Waals surface area contributed by atoms with E-state index in [1.807, 2.05) is 18.2 Å². The van der Waals surface area contributed by atoms with E-state index in [4.69, 9.17) is 0 Å². The van der Waals surface area contributed by atoms with Gasteiger partial charge in [0, 0.05) is 12.1 Å². The standard InChI is InChI=1S/C19H29N3O/c23-19(21-16-11-5-2-6-12-16)22-18-14-8-7-13-17(18)20-15-9-3-1-4-10-15/h7-8,13-16,20H,1-6,9-12H2,(H2,21,22,23). The van der Waals surface area contributed by atoms with Crippen LogP contribution in [0.1, 0.15) is 64.2 Å². The molecule has 2 fully saturated rings. The minimum absolute atomic E-state index is 0.0743. The number of hydrogen-bond donors (Lipinski definition) is 3. The quantitative estimate of drug-likeness (QED) is 0.741. The third-order valence-electron chi connectivity index (χ3n) is 5.08. The van der Waals surface area contributed by atoms with E-state index < -0.39 is 0 Å². The summed E-state index contributed by atoms with van der Waals surface area (Å²) in [6.07, 6.45) is 12.4. The number of amides is 2. The van der Waals surface area contributed by atoms with Crippen molar-refractivity contribution in [3.8, 4) is 0 Å². The Hall–Kier alpha value is -1.71. The Kier molecular flexibility index (Phi) is 5.78. The minimum atomic E-state index is -0.0743. The Bertz CT molecular complexity index is 505. The zero-order valence-electron chi connectivity index (χ0n) is 13.9. The molecular weight excluding hydrogens is 286 g/mol. The highest BCUT2D eigenvalue weighted by molar-refractivity contribution is 5.93. The number of urea groups is 1. The van der Waals surface area contributed by atoms with E-state index >= 15 is 0 Å². The fraction of sp³-hybridized carbons (Fsp3) is 0.632. The van der Waals surface area contributed by atoms with E-state index in [1.54, 1.807) is 0 Å². The molecule has 0 radical (unpaired) electrons. The first-order chi connectivity index (χ1) is 11.3. The molecule has 1 aromatic carbocycles. The lowest BCUT2D eigenvalue weighted by Gasteiger charge is -2.26. The maximum Gasteiger partial charge on any atom is 0.319 e. The van der Waals surface area contributed by atoms with Gasteiger partial charge in [0.25, 0.3) is 0 Å². The molecule has 1 aromatic rings. The maximum atomic E-state index is 12.3. The van der Waals surface area contributed by atoms with E-state index in [0.29, 0.717) is 12.1 Å². The highest BCUT2D eigenvalue weighted by Crippen LogP contribution is 2.26. The molecule has 126 valence electrons. The SMILES string of the molecule is O=C(Nc1ccccc1NC1CCCCC1)NC1CCCCC1. The topological polar surface area (TPSA) is 53.2 Å². The molecule has 0 aliphatic heterocycles. The van der Waals surface area contributed by atoms with Gasteiger partial charge in [-0.05, 0) is 37.8 Å². The van der Waals surface area contributed by atoms with Crippen LogP contribution in [0.2, 0.25) is 0 Å². The molecule has 0 atom stereocenters. The van der Waals surface area contributed by atoms with Gasteiger partial charge < -0.3 is 16.0 Å². The Morgan fingerprint density at radius 1 is 0.783 bits per heavy atom. The lowest BCUT2D eigenvalue weighted by molar-refractivity contribution is 0.244. The maximum absolute atomic E-state index is 12.3. The van der Waals surface area contributed by atoms with Crippen LogP contribution in [-0.4, -0.2) is 18.1 Å². The first kappa shape index (κ1) is 16.2. The van der Waals surface area contributed by atoms with Crippen LogP contribution < -0.4 is 16.0 Å². The average Bonchev–Trinajstić information content (AvgIpc) is 2.58. The number of carbonyl (C=O) groups is 1. The summed E-state index contributed by atoms with van der Waals surface area (Å²) >= 11 is 0. The highest BCUT2D eigenvalue weighted by Gasteiger charge is 2.17. The molecule has 3 rings (SSSR count). The van der Waals surface area contributed by atoms with Crippen molar-refractivity contribution in [3.63, 3.8) is 0 Å². The fourth-order valence-electron chi connectivity index (χ4n) is 3.78. The molecule has 2 amide bonds. The average molecular weight is 315 g/mol. The van der Waals surface area contributed by atoms with Crippen molar-refractivity contribution in [3.05, 3.63) is 24.3 Å². The second-order valence-corrected chi connectivity index (χ2v) is 6.96. The highest BCUT2D eigenvalue weighted by atomic mass is 16.2. The summed E-state index contributed by atoms with van der Waals surface area (Å²) < 4.78 is 0. The number of rotatable bonds is 4. The Labute approximate surface area is 139 Å². The second-order valence-electron chi connectivity index (χ2n) is 6.96. The van der Waals surface area contributed by atoms with Gasteiger partial charge in [0.1, 0.15) is 0 Å². The van der Waals surface area contributed by atoms with Crippen LogP contribution in [0.15, 0.2) is 24.3 Å². The van der Waals surface area contributed by atoms with E-state index in [9.17, 15) is 4.79 Å². The summed E-state index contributed by atoms with van der Waals surface area (Å²) in [7, 11) is 0. The molecule has 0 spiro atoms. The van der Waals surface area contributed by atoms with Crippen LogP contribution in [0.5, 0.6) is 0 Å². The van der Waals surface area contributed by atoms with Gasteiger partial charge in [0.15, 0.2) is 0 Å². The zero-order valence-corrected chi connectivity index (χ0v) is 13.9. The van der Waals surface area contributed by atoms with Crippen LogP contribution in [0, 0.1) is 0 Å². The molecule has 0 saturated heterocycles. The van der Waals surface area contributed by atoms with Crippen LogP contribution in [0.4, 0.5) is 16.2 Å². The van der Waals surface area contributed by atoms with Gasteiger partial charge in [-0.3, -0.25) is 0 Å². The van der Waals surface area contributed by atoms with Gasteiger partial charge in [-0.25, -0.2) is 4.79 Å². The van der Waals surface area contributed by atoms with Crippen LogP contribution in [0.3, 0.4) is 0 Å². The van der Waals surface area contributed by atoms with Gasteiger partial charge in [0.05, 0.1) is 11.4 Å². The van der Waals surface area contributed by atoms with Crippen molar-refractivity contribution >= 4 is 17.4 Å². The van der Waals surface area contributed by atoms with E-state index in [2.05, 4.69) is 22.0 Å². The van der Waals surface area contributed by atoms with Crippen molar-refractivity contribution in [1.82, 2.24) is 5.32 Å². The number of nitrogens with one attached hydrogen (secondary N) is 3. The van der Waals surface area contributed by atoms with Crippen molar-refractivity contribution in [2.45, 2.75) is 76.3 Å². The molecule has 4 nitrogen and oxygen atoms in total. The third-order valence-corrected chi connectivity index (χ3v) is 5.08. The largest absolute Gasteiger partial charge is 0.381 e. The van der Waals surface area contributed by atoms with Gasteiger partial charge in [-0.2, -0.15) is 0 Å². The summed E-state index contributed by atoms with van der Waals surface area (Å²) in [4.78, 5) is 12.3. The summed E-state index contributed by atoms with van der Waals surface area (Å²) in [6, 6.07) is 8.83. The van der Waals surface area contributed by atoms with E-state index in [0.717, 1.165) is 24.2 Å². The third kappa shape index (κ3) is 4.88. The summed E-state index contributed by atoms with van der Waals surface area (Å²) in [6.45, 7) is 0. The Morgan fingerprint density at radius 3 is 2.00 bits per heavy atom. The zero-order chi connectivity index (χ0) is 15.9. The molecule has 23 heavy (non-hydrogen) atoms. The molecule has 4 heteroatoms. The molecule has 0 unspecified atom stereocenters. The summed E-state index contributed by atoms with van der Waals surface area (Å²) in [5.74, 6) is 0. The lowest BCUT2D eigenvalue weighted by atomic mass is 9.95. The number of benzene rings is 1. The number of anilines is 2. The van der Waals surface area contributed by atoms with Crippen molar-refractivity contribution < 1.29 is 4.79 Å². The smallest absolute Gasteiger partial charge is 0.319 e. The normalized spacial score (nSPS) is 20.0. The molecule has 3 N–H and O–H groups in total. The lowest BCUT2D eigenvalue weighted by Crippen LogP contribution is -2.39. The Balaban J connectivity index is 1.57. The van der Waals surface area contributed by atoms with E-state index in [-0.39, 0.29) is 6.03 Å². The number of hydrogen-bond acceptors (Lipinski definition) is 2. The van der Waals surface area contributed by atoms with Crippen molar-refractivity contribution in [1.29, 1.82) is 0 Å². The summed E-state index contributed by atoms with van der Waals surface area (Å²) in [5, 5.41) is 9.77. The predicted octanol–water partition coefficient (Wildman–Crippen LogP) is 4.89. The van der Waals surface area contributed by atoms with Crippen molar-refractivity contribution in [2.75, 3.05) is 10.6 Å². The molecule has 0 bridgehead atoms. The monoisotopic (exact) mass is 315 g/mol. The van der Waals surface area contributed by atoms with Crippen LogP contribution >= 0.6 is 0 Å². The van der Waals surface area contributed by atoms with Crippen molar-refractivity contribution in [2.24, 2.45) is 0 Å². The molecule has 0 heterocycles. The first-order valence-electron chi connectivity index (χ1n) is 9.24. The molecular formula is C19H29N3O. The van der Waals surface area contributed by atoms with Crippen LogP contribution in [-0.2, 0) is 0 Å². The first-order valence-corrected chi connectivity index (χ1v) is 9.24. The van der Waals surface area contributed by atoms with Gasteiger partial charge in [-0.1, -0.05) is 50.7 Å². The van der Waals surface area contributed by atoms with Gasteiger partial charge >= 0.3 is 6.03 Å². The van der Waals surface area contributed by atoms with Gasteiger partial charge in [-0.15, -0.1) is 0 Å². The number of para-hydroxylation sites is 2. The van der Waals surface area contributed by atoms with E-state index in [1.165, 1.54) is 51.4 Å². The molecule has 2 aliphatic carbocycles. The minimum Gasteiger partial charge on any atom is -0.381 e. The molecule has 2 saturated carbocycles. The van der Waals surface area contributed by atoms with Gasteiger partial charge in [0.2, 0.25) is 0 Å². The predicted molar refractivity (Wildman–Crippen MR) is 96.0 cm³/mol. The van der Waals surface area contributed by atoms with Crippen LogP contribution in [0.25, 0.3) is 0 Å². The number of carbonyl (C=O) groups excluding carboxylic acids is 1.